The highest BCUT2D eigenvalue weighted by Crippen LogP contribution is 2.29. The first-order valence-electron chi connectivity index (χ1n) is 11.9. The molecule has 2 N–H and O–H groups in total. The van der Waals surface area contributed by atoms with E-state index in [0.717, 1.165) is 31.2 Å². The van der Waals surface area contributed by atoms with Crippen LogP contribution in [-0.4, -0.2) is 35.3 Å². The maximum absolute atomic E-state index is 13.7. The number of nitrogens with one attached hydrogen (secondary N) is 2. The molecule has 0 saturated heterocycles. The molecule has 0 bridgehead atoms. The molecule has 2 heterocycles. The van der Waals surface area contributed by atoms with E-state index in [1.807, 2.05) is 36.6 Å². The second-order valence-corrected chi connectivity index (χ2v) is 9.74. The number of thiophene rings is 1. The van der Waals surface area contributed by atoms with Crippen molar-refractivity contribution in [2.45, 2.75) is 51.1 Å². The standard InChI is InChI=1S/C27H30N4O3S/c1-19-11-13-20(14-12-19)25(27(34)30-21-7-3-2-4-8-21)31(22-9-5-15-28-17-22)24(32)18-29-26(33)23-10-6-16-35-23/h5-6,9-17,21,25H,2-4,7-8,18H2,1H3,(H,29,33)(H,30,34). The van der Waals surface area contributed by atoms with Crippen LogP contribution in [0, 0.1) is 6.92 Å². The summed E-state index contributed by atoms with van der Waals surface area (Å²) in [5, 5.41) is 7.69. The van der Waals surface area contributed by atoms with Crippen molar-refractivity contribution in [2.24, 2.45) is 0 Å². The Morgan fingerprint density at radius 3 is 2.49 bits per heavy atom. The van der Waals surface area contributed by atoms with Crippen molar-refractivity contribution in [3.05, 3.63) is 82.3 Å². The largest absolute Gasteiger partial charge is 0.351 e. The summed E-state index contributed by atoms with van der Waals surface area (Å²) in [4.78, 5) is 46.0. The smallest absolute Gasteiger partial charge is 0.261 e. The number of hydrogen-bond donors (Lipinski definition) is 2. The second kappa shape index (κ2) is 11.8. The summed E-state index contributed by atoms with van der Waals surface area (Å²) >= 11 is 1.31. The van der Waals surface area contributed by atoms with Crippen molar-refractivity contribution in [1.29, 1.82) is 0 Å². The van der Waals surface area contributed by atoms with Crippen LogP contribution in [0.5, 0.6) is 0 Å². The third-order valence-corrected chi connectivity index (χ3v) is 7.06. The summed E-state index contributed by atoms with van der Waals surface area (Å²) in [7, 11) is 0. The summed E-state index contributed by atoms with van der Waals surface area (Å²) < 4.78 is 0. The van der Waals surface area contributed by atoms with E-state index in [2.05, 4.69) is 15.6 Å². The molecule has 1 saturated carbocycles. The number of hydrogen-bond acceptors (Lipinski definition) is 5. The summed E-state index contributed by atoms with van der Waals surface area (Å²) in [6.45, 7) is 1.73. The highest BCUT2D eigenvalue weighted by atomic mass is 32.1. The number of aryl methyl sites for hydroxylation is 1. The van der Waals surface area contributed by atoms with Gasteiger partial charge in [-0.2, -0.15) is 0 Å². The summed E-state index contributed by atoms with van der Waals surface area (Å²) in [6, 6.07) is 13.8. The number of anilines is 1. The predicted octanol–water partition coefficient (Wildman–Crippen LogP) is 4.40. The first-order chi connectivity index (χ1) is 17.0. The van der Waals surface area contributed by atoms with Crippen LogP contribution < -0.4 is 15.5 Å². The van der Waals surface area contributed by atoms with Crippen molar-refractivity contribution in [3.63, 3.8) is 0 Å². The zero-order chi connectivity index (χ0) is 24.6. The van der Waals surface area contributed by atoms with Gasteiger partial charge in [0.2, 0.25) is 11.8 Å². The van der Waals surface area contributed by atoms with Crippen LogP contribution in [0.2, 0.25) is 0 Å². The van der Waals surface area contributed by atoms with E-state index in [4.69, 9.17) is 0 Å². The van der Waals surface area contributed by atoms with Crippen LogP contribution in [-0.2, 0) is 9.59 Å². The highest BCUT2D eigenvalue weighted by molar-refractivity contribution is 7.12. The van der Waals surface area contributed by atoms with E-state index in [-0.39, 0.29) is 24.4 Å². The summed E-state index contributed by atoms with van der Waals surface area (Å²) in [5.74, 6) is -0.951. The Labute approximate surface area is 209 Å². The third-order valence-electron chi connectivity index (χ3n) is 6.19. The molecule has 8 heteroatoms. The number of nitrogens with zero attached hydrogens (tertiary/aromatic N) is 2. The fourth-order valence-electron chi connectivity index (χ4n) is 4.36. The number of carbonyl (C=O) groups is 3. The highest BCUT2D eigenvalue weighted by Gasteiger charge is 2.34. The van der Waals surface area contributed by atoms with E-state index in [1.54, 1.807) is 36.7 Å². The van der Waals surface area contributed by atoms with Gasteiger partial charge in [-0.3, -0.25) is 24.3 Å². The molecule has 1 fully saturated rings. The first-order valence-corrected chi connectivity index (χ1v) is 12.8. The van der Waals surface area contributed by atoms with Gasteiger partial charge < -0.3 is 10.6 Å². The van der Waals surface area contributed by atoms with Crippen LogP contribution in [0.1, 0.15) is 58.9 Å². The van der Waals surface area contributed by atoms with Gasteiger partial charge in [0.15, 0.2) is 0 Å². The molecule has 0 radical (unpaired) electrons. The lowest BCUT2D eigenvalue weighted by Crippen LogP contribution is -2.49. The maximum atomic E-state index is 13.7. The molecule has 2 aromatic heterocycles. The minimum atomic E-state index is -0.895. The quantitative estimate of drug-likeness (QED) is 0.490. The molecule has 0 aliphatic heterocycles. The molecule has 4 rings (SSSR count). The molecule has 1 aliphatic carbocycles. The van der Waals surface area contributed by atoms with Crippen molar-refractivity contribution >= 4 is 34.7 Å². The Bertz CT molecular complexity index is 1130. The zero-order valence-electron chi connectivity index (χ0n) is 19.8. The number of pyridine rings is 1. The molecule has 1 aliphatic rings. The Balaban J connectivity index is 1.65. The lowest BCUT2D eigenvalue weighted by Gasteiger charge is -2.33. The number of benzene rings is 1. The van der Waals surface area contributed by atoms with Gasteiger partial charge in [0.05, 0.1) is 23.3 Å². The van der Waals surface area contributed by atoms with Crippen molar-refractivity contribution in [3.8, 4) is 0 Å². The van der Waals surface area contributed by atoms with Gasteiger partial charge in [0, 0.05) is 12.2 Å². The van der Waals surface area contributed by atoms with E-state index in [0.29, 0.717) is 16.1 Å². The molecule has 35 heavy (non-hydrogen) atoms. The lowest BCUT2D eigenvalue weighted by atomic mass is 9.94. The molecule has 1 unspecified atom stereocenters. The Hall–Kier alpha value is -3.52. The SMILES string of the molecule is Cc1ccc(C(C(=O)NC2CCCCC2)N(C(=O)CNC(=O)c2cccs2)c2cccnc2)cc1. The van der Waals surface area contributed by atoms with Crippen molar-refractivity contribution in [2.75, 3.05) is 11.4 Å². The predicted molar refractivity (Wildman–Crippen MR) is 137 cm³/mol. The van der Waals surface area contributed by atoms with E-state index < -0.39 is 11.9 Å². The van der Waals surface area contributed by atoms with E-state index in [1.165, 1.54) is 22.7 Å². The minimum absolute atomic E-state index is 0.0913. The molecule has 182 valence electrons. The summed E-state index contributed by atoms with van der Waals surface area (Å²) in [5.41, 5.74) is 2.25. The minimum Gasteiger partial charge on any atom is -0.351 e. The number of carbonyl (C=O) groups excluding carboxylic acids is 3. The molecular weight excluding hydrogens is 460 g/mol. The van der Waals surface area contributed by atoms with Gasteiger partial charge in [0.1, 0.15) is 6.04 Å². The first kappa shape index (κ1) is 24.6. The lowest BCUT2D eigenvalue weighted by molar-refractivity contribution is -0.127. The molecule has 7 nitrogen and oxygen atoms in total. The van der Waals surface area contributed by atoms with Gasteiger partial charge in [-0.15, -0.1) is 11.3 Å². The maximum Gasteiger partial charge on any atom is 0.261 e. The Kier molecular flexibility index (Phi) is 8.26. The van der Waals surface area contributed by atoms with Gasteiger partial charge in [0.25, 0.3) is 5.91 Å². The summed E-state index contributed by atoms with van der Waals surface area (Å²) in [6.07, 6.45) is 8.40. The number of amides is 3. The third kappa shape index (κ3) is 6.33. The molecular formula is C27H30N4O3S. The van der Waals surface area contributed by atoms with Crippen molar-refractivity contribution < 1.29 is 14.4 Å². The van der Waals surface area contributed by atoms with Gasteiger partial charge in [-0.25, -0.2) is 0 Å². The normalized spacial score (nSPS) is 14.7. The van der Waals surface area contributed by atoms with Crippen LogP contribution >= 0.6 is 11.3 Å². The fraction of sp³-hybridized carbons (Fsp3) is 0.333. The molecule has 1 aromatic carbocycles. The van der Waals surface area contributed by atoms with Crippen LogP contribution in [0.3, 0.4) is 0 Å². The van der Waals surface area contributed by atoms with Crippen LogP contribution in [0.15, 0.2) is 66.3 Å². The monoisotopic (exact) mass is 490 g/mol. The second-order valence-electron chi connectivity index (χ2n) is 8.79. The van der Waals surface area contributed by atoms with E-state index >= 15 is 0 Å². The van der Waals surface area contributed by atoms with E-state index in [9.17, 15) is 14.4 Å². The van der Waals surface area contributed by atoms with Gasteiger partial charge >= 0.3 is 0 Å². The average Bonchev–Trinajstić information content (AvgIpc) is 3.43. The number of rotatable bonds is 8. The van der Waals surface area contributed by atoms with Gasteiger partial charge in [-0.1, -0.05) is 55.2 Å². The van der Waals surface area contributed by atoms with Gasteiger partial charge in [-0.05, 0) is 48.9 Å². The average molecular weight is 491 g/mol. The van der Waals surface area contributed by atoms with Crippen LogP contribution in [0.25, 0.3) is 0 Å². The fourth-order valence-corrected chi connectivity index (χ4v) is 5.00. The molecule has 3 amide bonds. The Morgan fingerprint density at radius 2 is 1.83 bits per heavy atom. The Morgan fingerprint density at radius 1 is 1.06 bits per heavy atom. The number of aromatic nitrogens is 1. The van der Waals surface area contributed by atoms with Crippen molar-refractivity contribution in [1.82, 2.24) is 15.6 Å². The topological polar surface area (TPSA) is 91.4 Å². The zero-order valence-corrected chi connectivity index (χ0v) is 20.6. The molecule has 0 spiro atoms. The molecule has 1 atom stereocenters. The molecule has 3 aromatic rings. The van der Waals surface area contributed by atoms with Crippen LogP contribution in [0.4, 0.5) is 5.69 Å².